The molecule has 0 unspecified atom stereocenters. The van der Waals surface area contributed by atoms with Crippen LogP contribution in [0.15, 0.2) is 77.5 Å². The first kappa shape index (κ1) is 16.9. The number of aromatic nitrogens is 1. The number of nitrogens with zero attached hydrogens (tertiary/aromatic N) is 2. The van der Waals surface area contributed by atoms with Crippen LogP contribution in [0.25, 0.3) is 28.2 Å². The van der Waals surface area contributed by atoms with Gasteiger partial charge in [-0.3, -0.25) is 0 Å². The van der Waals surface area contributed by atoms with Gasteiger partial charge in [0.2, 0.25) is 0 Å². The van der Waals surface area contributed by atoms with Crippen LogP contribution in [0.2, 0.25) is 0 Å². The van der Waals surface area contributed by atoms with Gasteiger partial charge in [-0.2, -0.15) is 0 Å². The van der Waals surface area contributed by atoms with Gasteiger partial charge in [-0.25, -0.2) is 4.57 Å². The van der Waals surface area contributed by atoms with Crippen LogP contribution in [-0.4, -0.2) is 18.7 Å². The number of rotatable bonds is 2. The smallest absolute Gasteiger partial charge is 0.443 e. The van der Waals surface area contributed by atoms with Gasteiger partial charge in [0.15, 0.2) is 11.8 Å². The van der Waals surface area contributed by atoms with Gasteiger partial charge in [0.05, 0.1) is 0 Å². The standard InChI is InChI=1S/C24H22BN2O/c1-17-15-23(26(2)16-21(17)18-9-5-4-6-10-18)25-24-20(13-14-27(25)3)19-11-7-8-12-22(19)28-24/h4-16H,1-3H3/q+1. The van der Waals surface area contributed by atoms with E-state index < -0.39 is 0 Å². The summed E-state index contributed by atoms with van der Waals surface area (Å²) >= 11 is 0. The van der Waals surface area contributed by atoms with Gasteiger partial charge in [0.1, 0.15) is 18.3 Å². The van der Waals surface area contributed by atoms with Crippen molar-refractivity contribution < 1.29 is 8.98 Å². The van der Waals surface area contributed by atoms with E-state index in [0.717, 1.165) is 11.2 Å². The van der Waals surface area contributed by atoms with Crippen molar-refractivity contribution in [2.45, 2.75) is 6.92 Å². The molecular weight excluding hydrogens is 343 g/mol. The fourth-order valence-corrected chi connectivity index (χ4v) is 4.23. The summed E-state index contributed by atoms with van der Waals surface area (Å²) in [6.45, 7) is 2.23. The molecule has 0 bridgehead atoms. The highest BCUT2D eigenvalue weighted by Crippen LogP contribution is 2.25. The molecule has 5 rings (SSSR count). The van der Waals surface area contributed by atoms with Crippen LogP contribution in [0.4, 0.5) is 0 Å². The van der Waals surface area contributed by atoms with Crippen LogP contribution in [0, 0.1) is 6.92 Å². The molecule has 0 spiro atoms. The second kappa shape index (κ2) is 6.41. The highest BCUT2D eigenvalue weighted by atomic mass is 16.3. The van der Waals surface area contributed by atoms with E-state index in [4.69, 9.17) is 4.42 Å². The summed E-state index contributed by atoms with van der Waals surface area (Å²) in [4.78, 5) is 2.22. The number of fused-ring (bicyclic) bond motifs is 3. The quantitative estimate of drug-likeness (QED) is 0.402. The molecule has 4 aromatic rings. The lowest BCUT2D eigenvalue weighted by Gasteiger charge is -2.24. The van der Waals surface area contributed by atoms with E-state index in [0.29, 0.717) is 0 Å². The van der Waals surface area contributed by atoms with Gasteiger partial charge >= 0.3 is 6.85 Å². The summed E-state index contributed by atoms with van der Waals surface area (Å²) in [7, 11) is 4.23. The third kappa shape index (κ3) is 2.56. The van der Waals surface area contributed by atoms with Crippen molar-refractivity contribution in [1.82, 2.24) is 4.81 Å². The molecule has 0 radical (unpaired) electrons. The molecule has 0 fully saturated rings. The number of aryl methyl sites for hydroxylation is 2. The maximum Gasteiger partial charge on any atom is 0.443 e. The Kier molecular flexibility index (Phi) is 3.87. The van der Waals surface area contributed by atoms with Crippen LogP contribution in [0.3, 0.4) is 0 Å². The fraction of sp³-hybridized carbons (Fsp3) is 0.125. The largest absolute Gasteiger partial charge is 0.467 e. The fourth-order valence-electron chi connectivity index (χ4n) is 4.23. The minimum Gasteiger partial charge on any atom is -0.467 e. The highest BCUT2D eigenvalue weighted by Gasteiger charge is 2.40. The van der Waals surface area contributed by atoms with E-state index >= 15 is 0 Å². The molecule has 28 heavy (non-hydrogen) atoms. The van der Waals surface area contributed by atoms with Gasteiger partial charge in [0, 0.05) is 22.6 Å². The van der Waals surface area contributed by atoms with E-state index in [-0.39, 0.29) is 6.85 Å². The van der Waals surface area contributed by atoms with E-state index in [1.54, 1.807) is 0 Å². The third-order valence-electron chi connectivity index (χ3n) is 5.68. The molecule has 3 nitrogen and oxygen atoms in total. The normalized spacial score (nSPS) is 13.2. The molecule has 0 saturated heterocycles. The molecule has 4 heteroatoms. The van der Waals surface area contributed by atoms with Crippen molar-refractivity contribution in [3.8, 4) is 11.1 Å². The minimum atomic E-state index is 0.0425. The predicted molar refractivity (Wildman–Crippen MR) is 116 cm³/mol. The summed E-state index contributed by atoms with van der Waals surface area (Å²) in [6, 6.07) is 21.1. The number of para-hydroxylation sites is 1. The zero-order valence-corrected chi connectivity index (χ0v) is 16.4. The molecule has 1 aliphatic rings. The Morgan fingerprint density at radius 3 is 2.57 bits per heavy atom. The predicted octanol–water partition coefficient (Wildman–Crippen LogP) is 3.25. The number of hydrogen-bond acceptors (Lipinski definition) is 2. The molecule has 1 aliphatic heterocycles. The van der Waals surface area contributed by atoms with Crippen molar-refractivity contribution in [2.24, 2.45) is 7.05 Å². The van der Waals surface area contributed by atoms with Crippen molar-refractivity contribution in [3.63, 3.8) is 0 Å². The second-order valence-electron chi connectivity index (χ2n) is 7.53. The molecule has 0 saturated carbocycles. The first-order valence-electron chi connectivity index (χ1n) is 9.60. The zero-order chi connectivity index (χ0) is 19.3. The van der Waals surface area contributed by atoms with Crippen molar-refractivity contribution in [3.05, 3.63) is 84.2 Å². The van der Waals surface area contributed by atoms with E-state index in [1.807, 2.05) is 12.1 Å². The summed E-state index contributed by atoms with van der Waals surface area (Å²) in [6.07, 6.45) is 6.53. The van der Waals surface area contributed by atoms with Crippen molar-refractivity contribution in [1.29, 1.82) is 0 Å². The number of furan rings is 1. The first-order valence-corrected chi connectivity index (χ1v) is 9.60. The lowest BCUT2D eigenvalue weighted by atomic mass is 9.52. The highest BCUT2D eigenvalue weighted by molar-refractivity contribution is 6.82. The van der Waals surface area contributed by atoms with Gasteiger partial charge < -0.3 is 9.23 Å². The molecular formula is C24H22BN2O+. The maximum absolute atomic E-state index is 6.33. The molecule has 0 amide bonds. The SMILES string of the molecule is Cc1cc(B2c3oc4ccccc4c3C=CN2C)[n+](C)cc1-c1ccccc1. The summed E-state index contributed by atoms with van der Waals surface area (Å²) in [5, 5.41) is 1.17. The lowest BCUT2D eigenvalue weighted by molar-refractivity contribution is -0.653. The van der Waals surface area contributed by atoms with Gasteiger partial charge in [-0.05, 0) is 43.4 Å². The Bertz CT molecular complexity index is 1210. The minimum absolute atomic E-state index is 0.0425. The van der Waals surface area contributed by atoms with Crippen molar-refractivity contribution >= 4 is 35.1 Å². The number of pyridine rings is 1. The number of benzene rings is 2. The Labute approximate surface area is 165 Å². The average molecular weight is 365 g/mol. The average Bonchev–Trinajstić information content (AvgIpc) is 3.09. The van der Waals surface area contributed by atoms with Gasteiger partial charge in [-0.1, -0.05) is 48.5 Å². The zero-order valence-electron chi connectivity index (χ0n) is 16.4. The number of hydrogen-bond donors (Lipinski definition) is 0. The summed E-state index contributed by atoms with van der Waals surface area (Å²) < 4.78 is 8.56. The lowest BCUT2D eigenvalue weighted by Crippen LogP contribution is -2.65. The van der Waals surface area contributed by atoms with E-state index in [2.05, 4.69) is 97.4 Å². The van der Waals surface area contributed by atoms with Gasteiger partial charge in [0.25, 0.3) is 0 Å². The Morgan fingerprint density at radius 1 is 1.00 bits per heavy atom. The summed E-state index contributed by atoms with van der Waals surface area (Å²) in [5.41, 5.74) is 8.10. The van der Waals surface area contributed by atoms with Crippen LogP contribution in [0.1, 0.15) is 11.1 Å². The maximum atomic E-state index is 6.33. The molecule has 3 heterocycles. The Morgan fingerprint density at radius 2 is 1.75 bits per heavy atom. The molecule has 2 aromatic carbocycles. The summed E-state index contributed by atoms with van der Waals surface area (Å²) in [5.74, 6) is 0. The molecule has 136 valence electrons. The molecule has 0 N–H and O–H groups in total. The van der Waals surface area contributed by atoms with E-state index in [9.17, 15) is 0 Å². The van der Waals surface area contributed by atoms with E-state index in [1.165, 1.54) is 33.2 Å². The van der Waals surface area contributed by atoms with Crippen LogP contribution in [-0.2, 0) is 7.05 Å². The molecule has 0 aliphatic carbocycles. The topological polar surface area (TPSA) is 20.3 Å². The first-order chi connectivity index (χ1) is 13.6. The van der Waals surface area contributed by atoms with Crippen molar-refractivity contribution in [2.75, 3.05) is 7.05 Å². The van der Waals surface area contributed by atoms with Crippen LogP contribution >= 0.6 is 0 Å². The van der Waals surface area contributed by atoms with Gasteiger partial charge in [-0.15, -0.1) is 0 Å². The second-order valence-corrected chi connectivity index (χ2v) is 7.53. The monoisotopic (exact) mass is 365 g/mol. The van der Waals surface area contributed by atoms with Crippen LogP contribution in [0.5, 0.6) is 0 Å². The third-order valence-corrected chi connectivity index (χ3v) is 5.68. The molecule has 2 aromatic heterocycles. The Hall–Kier alpha value is -3.27. The van der Waals surface area contributed by atoms with Crippen LogP contribution < -0.4 is 15.8 Å². The Balaban J connectivity index is 1.68. The molecule has 0 atom stereocenters.